The van der Waals surface area contributed by atoms with Gasteiger partial charge in [-0.05, 0) is 70.4 Å². The number of fused-ring (bicyclic) bond motifs is 1. The molecule has 0 aliphatic rings. The average Bonchev–Trinajstić information content (AvgIpc) is 2.47. The maximum absolute atomic E-state index is 4.61. The molecule has 3 aromatic rings. The van der Waals surface area contributed by atoms with E-state index in [1.807, 2.05) is 27.7 Å². The molecule has 2 heterocycles. The van der Waals surface area contributed by atoms with E-state index in [0.717, 1.165) is 33.5 Å². The van der Waals surface area contributed by atoms with E-state index in [2.05, 4.69) is 51.2 Å². The molecule has 23 heavy (non-hydrogen) atoms. The summed E-state index contributed by atoms with van der Waals surface area (Å²) >= 11 is 0. The Bertz CT molecular complexity index is 892. The lowest BCUT2D eigenvalue weighted by Crippen LogP contribution is -2.06. The van der Waals surface area contributed by atoms with E-state index in [1.54, 1.807) is 0 Å². The predicted octanol–water partition coefficient (Wildman–Crippen LogP) is 4.01. The molecule has 3 rings (SSSR count). The minimum atomic E-state index is 0.529. The van der Waals surface area contributed by atoms with Crippen LogP contribution in [0.5, 0.6) is 0 Å². The molecule has 0 atom stereocenters. The number of benzene rings is 1. The first-order valence-corrected chi connectivity index (χ1v) is 7.69. The number of rotatable bonds is 2. The van der Waals surface area contributed by atoms with E-state index >= 15 is 0 Å². The van der Waals surface area contributed by atoms with Gasteiger partial charge in [-0.15, -0.1) is 0 Å². The van der Waals surface area contributed by atoms with Crippen molar-refractivity contribution in [2.75, 3.05) is 5.32 Å². The van der Waals surface area contributed by atoms with Crippen molar-refractivity contribution >= 4 is 22.8 Å². The standard InChI is InChI=1S/C18H21N5/c1-9-7-15-14(6)21-18(22-16(15)8-10(9)2)23-17-19-12(4)11(3)13(5)20-17/h7-8H,1-6H3,(H,19,20,21,22,23). The molecule has 0 aliphatic heterocycles. The third kappa shape index (κ3) is 2.86. The molecule has 0 unspecified atom stereocenters. The summed E-state index contributed by atoms with van der Waals surface area (Å²) in [5, 5.41) is 4.21. The highest BCUT2D eigenvalue weighted by molar-refractivity contribution is 5.83. The van der Waals surface area contributed by atoms with E-state index in [9.17, 15) is 0 Å². The SMILES string of the molecule is Cc1cc2nc(Nc3nc(C)c(C)c(C)n3)nc(C)c2cc1C. The van der Waals surface area contributed by atoms with E-state index in [1.165, 1.54) is 11.1 Å². The van der Waals surface area contributed by atoms with E-state index in [4.69, 9.17) is 0 Å². The minimum Gasteiger partial charge on any atom is -0.293 e. The molecule has 2 aromatic heterocycles. The second-order valence-corrected chi connectivity index (χ2v) is 6.05. The summed E-state index contributed by atoms with van der Waals surface area (Å²) in [5.74, 6) is 1.06. The summed E-state index contributed by atoms with van der Waals surface area (Å²) < 4.78 is 0. The van der Waals surface area contributed by atoms with Crippen LogP contribution in [-0.2, 0) is 0 Å². The molecule has 0 aliphatic carbocycles. The Morgan fingerprint density at radius 1 is 0.652 bits per heavy atom. The van der Waals surface area contributed by atoms with Crippen LogP contribution in [0.15, 0.2) is 12.1 Å². The van der Waals surface area contributed by atoms with Crippen LogP contribution in [-0.4, -0.2) is 19.9 Å². The van der Waals surface area contributed by atoms with Crippen LogP contribution in [0, 0.1) is 41.5 Å². The van der Waals surface area contributed by atoms with E-state index < -0.39 is 0 Å². The molecule has 5 heteroatoms. The van der Waals surface area contributed by atoms with Crippen LogP contribution in [0.3, 0.4) is 0 Å². The molecule has 0 saturated carbocycles. The molecular formula is C18H21N5. The van der Waals surface area contributed by atoms with Gasteiger partial charge in [0, 0.05) is 16.8 Å². The molecule has 118 valence electrons. The number of nitrogens with one attached hydrogen (secondary N) is 1. The summed E-state index contributed by atoms with van der Waals surface area (Å²) in [6.45, 7) is 12.2. The number of aromatic nitrogens is 4. The first-order valence-electron chi connectivity index (χ1n) is 7.69. The topological polar surface area (TPSA) is 63.6 Å². The van der Waals surface area contributed by atoms with E-state index in [0.29, 0.717) is 11.9 Å². The van der Waals surface area contributed by atoms with Crippen LogP contribution in [0.2, 0.25) is 0 Å². The highest BCUT2D eigenvalue weighted by atomic mass is 15.2. The zero-order valence-corrected chi connectivity index (χ0v) is 14.4. The van der Waals surface area contributed by atoms with Crippen molar-refractivity contribution in [1.29, 1.82) is 0 Å². The molecule has 0 saturated heterocycles. The molecule has 0 spiro atoms. The van der Waals surface area contributed by atoms with Crippen LogP contribution < -0.4 is 5.32 Å². The zero-order chi connectivity index (χ0) is 16.7. The summed E-state index contributed by atoms with van der Waals surface area (Å²) in [6.07, 6.45) is 0. The Kier molecular flexibility index (Phi) is 3.72. The highest BCUT2D eigenvalue weighted by Gasteiger charge is 2.09. The van der Waals surface area contributed by atoms with Gasteiger partial charge >= 0.3 is 0 Å². The third-order valence-electron chi connectivity index (χ3n) is 4.36. The molecule has 0 amide bonds. The monoisotopic (exact) mass is 307 g/mol. The number of aryl methyl sites for hydroxylation is 5. The van der Waals surface area contributed by atoms with Crippen molar-refractivity contribution in [2.45, 2.75) is 41.5 Å². The Hall–Kier alpha value is -2.56. The van der Waals surface area contributed by atoms with Crippen LogP contribution in [0.25, 0.3) is 10.9 Å². The van der Waals surface area contributed by atoms with Gasteiger partial charge in [-0.1, -0.05) is 0 Å². The Labute approximate surface area is 136 Å². The van der Waals surface area contributed by atoms with Crippen molar-refractivity contribution in [3.05, 3.63) is 45.9 Å². The molecule has 0 bridgehead atoms. The first-order chi connectivity index (χ1) is 10.8. The second kappa shape index (κ2) is 5.57. The molecule has 1 N–H and O–H groups in total. The first kappa shape index (κ1) is 15.3. The molecule has 1 aromatic carbocycles. The third-order valence-corrected chi connectivity index (χ3v) is 4.36. The van der Waals surface area contributed by atoms with E-state index in [-0.39, 0.29) is 0 Å². The fraction of sp³-hybridized carbons (Fsp3) is 0.333. The molecule has 0 fully saturated rings. The van der Waals surface area contributed by atoms with Crippen LogP contribution in [0.4, 0.5) is 11.9 Å². The van der Waals surface area contributed by atoms with Gasteiger partial charge in [-0.2, -0.15) is 0 Å². The van der Waals surface area contributed by atoms with Gasteiger partial charge in [0.25, 0.3) is 0 Å². The fourth-order valence-corrected chi connectivity index (χ4v) is 2.53. The maximum Gasteiger partial charge on any atom is 0.230 e. The summed E-state index contributed by atoms with van der Waals surface area (Å²) in [5.41, 5.74) is 7.38. The second-order valence-electron chi connectivity index (χ2n) is 6.05. The van der Waals surface area contributed by atoms with Gasteiger partial charge < -0.3 is 0 Å². The number of nitrogens with zero attached hydrogens (tertiary/aromatic N) is 4. The lowest BCUT2D eigenvalue weighted by molar-refractivity contribution is 1.01. The molecule has 5 nitrogen and oxygen atoms in total. The average molecular weight is 307 g/mol. The lowest BCUT2D eigenvalue weighted by Gasteiger charge is -2.11. The maximum atomic E-state index is 4.61. The van der Waals surface area contributed by atoms with Crippen molar-refractivity contribution in [3.8, 4) is 0 Å². The van der Waals surface area contributed by atoms with Crippen molar-refractivity contribution in [1.82, 2.24) is 19.9 Å². The lowest BCUT2D eigenvalue weighted by atomic mass is 10.1. The minimum absolute atomic E-state index is 0.529. The van der Waals surface area contributed by atoms with Gasteiger partial charge in [-0.3, -0.25) is 5.32 Å². The summed E-state index contributed by atoms with van der Waals surface area (Å²) in [4.78, 5) is 18.1. The van der Waals surface area contributed by atoms with Gasteiger partial charge in [0.15, 0.2) is 0 Å². The largest absolute Gasteiger partial charge is 0.293 e. The van der Waals surface area contributed by atoms with Crippen LogP contribution in [0.1, 0.15) is 33.8 Å². The Morgan fingerprint density at radius 3 is 1.83 bits per heavy atom. The smallest absolute Gasteiger partial charge is 0.230 e. The highest BCUT2D eigenvalue weighted by Crippen LogP contribution is 2.22. The summed E-state index contributed by atoms with van der Waals surface area (Å²) in [7, 11) is 0. The number of hydrogen-bond acceptors (Lipinski definition) is 5. The normalized spacial score (nSPS) is 11.0. The van der Waals surface area contributed by atoms with Gasteiger partial charge in [0.2, 0.25) is 11.9 Å². The van der Waals surface area contributed by atoms with Crippen molar-refractivity contribution < 1.29 is 0 Å². The van der Waals surface area contributed by atoms with Crippen molar-refractivity contribution in [2.24, 2.45) is 0 Å². The quantitative estimate of drug-likeness (QED) is 0.775. The molecular weight excluding hydrogens is 286 g/mol. The summed E-state index contributed by atoms with van der Waals surface area (Å²) in [6, 6.07) is 4.23. The Balaban J connectivity index is 2.05. The van der Waals surface area contributed by atoms with Crippen molar-refractivity contribution in [3.63, 3.8) is 0 Å². The zero-order valence-electron chi connectivity index (χ0n) is 14.4. The van der Waals surface area contributed by atoms with Crippen LogP contribution >= 0.6 is 0 Å². The van der Waals surface area contributed by atoms with Gasteiger partial charge in [0.05, 0.1) is 11.2 Å². The predicted molar refractivity (Wildman–Crippen MR) is 93.3 cm³/mol. The number of anilines is 2. The number of hydrogen-bond donors (Lipinski definition) is 1. The van der Waals surface area contributed by atoms with Gasteiger partial charge in [-0.25, -0.2) is 19.9 Å². The molecule has 0 radical (unpaired) electrons. The Morgan fingerprint density at radius 2 is 1.17 bits per heavy atom. The van der Waals surface area contributed by atoms with Gasteiger partial charge in [0.1, 0.15) is 0 Å². The fourth-order valence-electron chi connectivity index (χ4n) is 2.53.